The fourth-order valence-electron chi connectivity index (χ4n) is 3.19. The molecule has 0 bridgehead atoms. The van der Waals surface area contributed by atoms with Gasteiger partial charge in [-0.2, -0.15) is 0 Å². The van der Waals surface area contributed by atoms with Crippen LogP contribution >= 0.6 is 0 Å². The van der Waals surface area contributed by atoms with Crippen LogP contribution in [0.5, 0.6) is 23.0 Å². The lowest BCUT2D eigenvalue weighted by atomic mass is 10.2. The quantitative estimate of drug-likeness (QED) is 0.522. The molecule has 1 amide bonds. The molecule has 3 aromatic carbocycles. The first-order chi connectivity index (χ1) is 14.6. The van der Waals surface area contributed by atoms with Crippen LogP contribution in [0.4, 0.5) is 10.5 Å². The van der Waals surface area contributed by atoms with Crippen molar-refractivity contribution >= 4 is 11.8 Å². The number of rotatable bonds is 6. The predicted molar refractivity (Wildman–Crippen MR) is 113 cm³/mol. The van der Waals surface area contributed by atoms with E-state index in [2.05, 4.69) is 0 Å². The van der Waals surface area contributed by atoms with Gasteiger partial charge in [-0.25, -0.2) is 4.79 Å². The monoisotopic (exact) mass is 405 g/mol. The van der Waals surface area contributed by atoms with Crippen LogP contribution in [0.15, 0.2) is 72.8 Å². The molecule has 0 saturated heterocycles. The Morgan fingerprint density at radius 3 is 2.50 bits per heavy atom. The first-order valence-corrected chi connectivity index (χ1v) is 9.77. The Morgan fingerprint density at radius 2 is 1.70 bits per heavy atom. The van der Waals surface area contributed by atoms with E-state index >= 15 is 0 Å². The topological polar surface area (TPSA) is 57.2 Å². The minimum atomic E-state index is -0.432. The second kappa shape index (κ2) is 8.78. The van der Waals surface area contributed by atoms with Gasteiger partial charge in [-0.15, -0.1) is 0 Å². The van der Waals surface area contributed by atoms with E-state index in [1.165, 1.54) is 0 Å². The Hall–Kier alpha value is -3.67. The number of amides is 1. The smallest absolute Gasteiger partial charge is 0.414 e. The van der Waals surface area contributed by atoms with Gasteiger partial charge in [0, 0.05) is 12.1 Å². The fourth-order valence-corrected chi connectivity index (χ4v) is 3.19. The first-order valence-electron chi connectivity index (χ1n) is 9.77. The minimum Gasteiger partial charge on any atom is -0.457 e. The van der Waals surface area contributed by atoms with Crippen molar-refractivity contribution in [1.82, 2.24) is 0 Å². The standard InChI is InChI=1S/C24H23NO5/c1-17(2)25(19-11-12-22-23(14-19)29-16-28-22)24(26)27-15-18-7-6-10-21(13-18)30-20-8-4-3-5-9-20/h3-14,17H,15-16H2,1-2H3. The first kappa shape index (κ1) is 19.6. The maximum Gasteiger partial charge on any atom is 0.414 e. The van der Waals surface area contributed by atoms with Crippen LogP contribution in [-0.2, 0) is 11.3 Å². The molecule has 0 saturated carbocycles. The summed E-state index contributed by atoms with van der Waals surface area (Å²) in [6.07, 6.45) is -0.432. The van der Waals surface area contributed by atoms with E-state index in [0.717, 1.165) is 11.3 Å². The van der Waals surface area contributed by atoms with Crippen LogP contribution in [0.2, 0.25) is 0 Å². The van der Waals surface area contributed by atoms with Crippen LogP contribution in [0.25, 0.3) is 0 Å². The zero-order valence-electron chi connectivity index (χ0n) is 16.9. The van der Waals surface area contributed by atoms with Crippen molar-refractivity contribution in [3.8, 4) is 23.0 Å². The van der Waals surface area contributed by atoms with Gasteiger partial charge in [-0.1, -0.05) is 30.3 Å². The van der Waals surface area contributed by atoms with E-state index in [0.29, 0.717) is 22.9 Å². The molecule has 6 heteroatoms. The van der Waals surface area contributed by atoms with Gasteiger partial charge in [0.1, 0.15) is 18.1 Å². The van der Waals surface area contributed by atoms with Gasteiger partial charge in [-0.3, -0.25) is 4.90 Å². The SMILES string of the molecule is CC(C)N(C(=O)OCc1cccc(Oc2ccccc2)c1)c1ccc2c(c1)OCO2. The highest BCUT2D eigenvalue weighted by Gasteiger charge is 2.23. The molecule has 0 N–H and O–H groups in total. The lowest BCUT2D eigenvalue weighted by Crippen LogP contribution is -2.37. The summed E-state index contributed by atoms with van der Waals surface area (Å²) in [5.74, 6) is 2.73. The maximum absolute atomic E-state index is 12.8. The second-order valence-electron chi connectivity index (χ2n) is 7.12. The molecule has 6 nitrogen and oxygen atoms in total. The molecule has 0 radical (unpaired) electrons. The van der Waals surface area contributed by atoms with Gasteiger partial charge in [0.2, 0.25) is 6.79 Å². The van der Waals surface area contributed by atoms with Gasteiger partial charge in [0.15, 0.2) is 11.5 Å². The number of carbonyl (C=O) groups excluding carboxylic acids is 1. The van der Waals surface area contributed by atoms with E-state index in [9.17, 15) is 4.79 Å². The predicted octanol–water partition coefficient (Wildman–Crippen LogP) is 5.76. The molecule has 1 heterocycles. The molecule has 0 atom stereocenters. The summed E-state index contributed by atoms with van der Waals surface area (Å²) in [7, 11) is 0. The number of benzene rings is 3. The van der Waals surface area contributed by atoms with E-state index < -0.39 is 6.09 Å². The molecule has 0 aromatic heterocycles. The molecule has 30 heavy (non-hydrogen) atoms. The van der Waals surface area contributed by atoms with Crippen LogP contribution in [0.3, 0.4) is 0 Å². The third kappa shape index (κ3) is 4.49. The summed E-state index contributed by atoms with van der Waals surface area (Å²) >= 11 is 0. The van der Waals surface area contributed by atoms with Gasteiger partial charge >= 0.3 is 6.09 Å². The average molecular weight is 405 g/mol. The molecule has 3 aromatic rings. The summed E-state index contributed by atoms with van der Waals surface area (Å²) in [5, 5.41) is 0. The average Bonchev–Trinajstić information content (AvgIpc) is 3.21. The molecule has 1 aliphatic rings. The van der Waals surface area contributed by atoms with Gasteiger partial charge < -0.3 is 18.9 Å². The normalized spacial score (nSPS) is 12.0. The number of hydrogen-bond donors (Lipinski definition) is 0. The van der Waals surface area contributed by atoms with Gasteiger partial charge in [0.25, 0.3) is 0 Å². The van der Waals surface area contributed by atoms with Crippen molar-refractivity contribution in [2.75, 3.05) is 11.7 Å². The van der Waals surface area contributed by atoms with E-state index in [-0.39, 0.29) is 19.4 Å². The number of nitrogens with zero attached hydrogens (tertiary/aromatic N) is 1. The summed E-state index contributed by atoms with van der Waals surface area (Å²) in [6, 6.07) is 22.4. The lowest BCUT2D eigenvalue weighted by Gasteiger charge is -2.26. The van der Waals surface area contributed by atoms with Crippen LogP contribution < -0.4 is 19.1 Å². The highest BCUT2D eigenvalue weighted by molar-refractivity contribution is 5.88. The largest absolute Gasteiger partial charge is 0.457 e. The zero-order valence-corrected chi connectivity index (χ0v) is 16.9. The number of hydrogen-bond acceptors (Lipinski definition) is 5. The van der Waals surface area contributed by atoms with Crippen LogP contribution in [-0.4, -0.2) is 18.9 Å². The number of carbonyl (C=O) groups is 1. The highest BCUT2D eigenvalue weighted by Crippen LogP contribution is 2.36. The van der Waals surface area contributed by atoms with Crippen molar-refractivity contribution in [2.24, 2.45) is 0 Å². The van der Waals surface area contributed by atoms with Crippen LogP contribution in [0.1, 0.15) is 19.4 Å². The molecule has 0 unspecified atom stereocenters. The Labute approximate surface area is 175 Å². The third-order valence-corrected chi connectivity index (χ3v) is 4.59. The van der Waals surface area contributed by atoms with Crippen molar-refractivity contribution in [2.45, 2.75) is 26.5 Å². The number of para-hydroxylation sites is 1. The van der Waals surface area contributed by atoms with Crippen molar-refractivity contribution in [1.29, 1.82) is 0 Å². The molecule has 0 fully saturated rings. The molecule has 154 valence electrons. The molecular formula is C24H23NO5. The highest BCUT2D eigenvalue weighted by atomic mass is 16.7. The van der Waals surface area contributed by atoms with Crippen molar-refractivity contribution in [3.05, 3.63) is 78.4 Å². The fraction of sp³-hybridized carbons (Fsp3) is 0.208. The number of anilines is 1. The minimum absolute atomic E-state index is 0.0920. The molecular weight excluding hydrogens is 382 g/mol. The molecule has 0 spiro atoms. The van der Waals surface area contributed by atoms with Gasteiger partial charge in [0.05, 0.1) is 5.69 Å². The number of ether oxygens (including phenoxy) is 4. The van der Waals surface area contributed by atoms with Crippen molar-refractivity contribution < 1.29 is 23.7 Å². The number of fused-ring (bicyclic) bond motifs is 1. The van der Waals surface area contributed by atoms with E-state index in [1.807, 2.05) is 74.5 Å². The Balaban J connectivity index is 1.43. The summed E-state index contributed by atoms with van der Waals surface area (Å²) in [4.78, 5) is 14.4. The Morgan fingerprint density at radius 1 is 0.933 bits per heavy atom. The Bertz CT molecular complexity index is 1020. The molecule has 0 aliphatic carbocycles. The van der Waals surface area contributed by atoms with Crippen LogP contribution in [0, 0.1) is 0 Å². The second-order valence-corrected chi connectivity index (χ2v) is 7.12. The van der Waals surface area contributed by atoms with E-state index in [4.69, 9.17) is 18.9 Å². The van der Waals surface area contributed by atoms with Crippen molar-refractivity contribution in [3.63, 3.8) is 0 Å². The van der Waals surface area contributed by atoms with Gasteiger partial charge in [-0.05, 0) is 55.8 Å². The Kier molecular flexibility index (Phi) is 5.75. The molecule has 1 aliphatic heterocycles. The summed E-state index contributed by atoms with van der Waals surface area (Å²) in [5.41, 5.74) is 1.53. The van der Waals surface area contributed by atoms with E-state index in [1.54, 1.807) is 17.0 Å². The summed E-state index contributed by atoms with van der Waals surface area (Å²) < 4.78 is 22.2. The zero-order chi connectivity index (χ0) is 20.9. The lowest BCUT2D eigenvalue weighted by molar-refractivity contribution is 0.145. The molecule has 4 rings (SSSR count). The third-order valence-electron chi connectivity index (χ3n) is 4.59. The maximum atomic E-state index is 12.8. The summed E-state index contributed by atoms with van der Waals surface area (Å²) in [6.45, 7) is 4.19.